The minimum Gasteiger partial charge on any atom is -0.461 e. The van der Waals surface area contributed by atoms with Gasteiger partial charge in [-0.3, -0.25) is 4.18 Å². The van der Waals surface area contributed by atoms with Crippen LogP contribution in [0.5, 0.6) is 0 Å². The Bertz CT molecular complexity index is 452. The zero-order chi connectivity index (χ0) is 12.7. The molecule has 0 aliphatic carbocycles. The van der Waals surface area contributed by atoms with Gasteiger partial charge in [0, 0.05) is 0 Å². The zero-order valence-corrected chi connectivity index (χ0v) is 10.3. The molecule has 0 aliphatic rings. The summed E-state index contributed by atoms with van der Waals surface area (Å²) in [4.78, 5) is 11.4. The first-order valence-electron chi connectivity index (χ1n) is 5.14. The van der Waals surface area contributed by atoms with Crippen molar-refractivity contribution in [2.45, 2.75) is 6.92 Å². The molecule has 94 valence electrons. The lowest BCUT2D eigenvalue weighted by Gasteiger charge is -2.05. The van der Waals surface area contributed by atoms with E-state index in [1.54, 1.807) is 37.3 Å². The van der Waals surface area contributed by atoms with Gasteiger partial charge in [0.05, 0.1) is 12.2 Å². The fourth-order valence-electron chi connectivity index (χ4n) is 1.13. The molecule has 0 aliphatic heterocycles. The van der Waals surface area contributed by atoms with Crippen LogP contribution in [0.1, 0.15) is 17.3 Å². The molecule has 0 saturated carbocycles. The number of rotatable bonds is 6. The summed E-state index contributed by atoms with van der Waals surface area (Å²) in [6.45, 7) is 1.44. The maximum Gasteiger partial charge on any atom is 0.338 e. The average Bonchev–Trinajstić information content (AvgIpc) is 2.29. The van der Waals surface area contributed by atoms with Crippen LogP contribution >= 0.6 is 0 Å². The zero-order valence-electron chi connectivity index (χ0n) is 9.46. The quantitative estimate of drug-likeness (QED) is 0.566. The van der Waals surface area contributed by atoms with Gasteiger partial charge in [0.15, 0.2) is 0 Å². The fourth-order valence-corrected chi connectivity index (χ4v) is 1.90. The van der Waals surface area contributed by atoms with E-state index in [4.69, 9.17) is 4.74 Å². The van der Waals surface area contributed by atoms with Gasteiger partial charge in [-0.1, -0.05) is 18.2 Å². The molecule has 0 bridgehead atoms. The highest BCUT2D eigenvalue weighted by molar-refractivity contribution is 7.86. The van der Waals surface area contributed by atoms with Crippen molar-refractivity contribution in [2.75, 3.05) is 19.0 Å². The number of carbonyl (C=O) groups excluding carboxylic acids is 1. The standard InChI is InChI=1S/C11H14O5S/c1-2-16-17(13,14)9-8-15-11(12)10-6-4-3-5-7-10/h3-7H,2,8-9H2,1H3. The predicted octanol–water partition coefficient (Wildman–Crippen LogP) is 1.21. The van der Waals surface area contributed by atoms with E-state index in [0.29, 0.717) is 5.56 Å². The third-order valence-corrected chi connectivity index (χ3v) is 3.13. The molecule has 0 heterocycles. The lowest BCUT2D eigenvalue weighted by molar-refractivity contribution is 0.0527. The van der Waals surface area contributed by atoms with Crippen molar-refractivity contribution in [3.05, 3.63) is 35.9 Å². The van der Waals surface area contributed by atoms with Gasteiger partial charge in [-0.2, -0.15) is 8.42 Å². The molecule has 0 amide bonds. The van der Waals surface area contributed by atoms with Gasteiger partial charge in [0.25, 0.3) is 10.1 Å². The summed E-state index contributed by atoms with van der Waals surface area (Å²) >= 11 is 0. The summed E-state index contributed by atoms with van der Waals surface area (Å²) in [5.41, 5.74) is 0.390. The number of esters is 1. The fraction of sp³-hybridized carbons (Fsp3) is 0.364. The SMILES string of the molecule is CCOS(=O)(=O)CCOC(=O)c1ccccc1. The molecule has 0 saturated heterocycles. The summed E-state index contributed by atoms with van der Waals surface area (Å²) in [5, 5.41) is 0. The number of benzene rings is 1. The summed E-state index contributed by atoms with van der Waals surface area (Å²) in [5.74, 6) is -0.878. The van der Waals surface area contributed by atoms with Crippen LogP contribution in [-0.2, 0) is 19.0 Å². The van der Waals surface area contributed by atoms with Crippen molar-refractivity contribution < 1.29 is 22.1 Å². The van der Waals surface area contributed by atoms with Gasteiger partial charge in [-0.15, -0.1) is 0 Å². The molecular formula is C11H14O5S. The van der Waals surface area contributed by atoms with Crippen molar-refractivity contribution in [1.82, 2.24) is 0 Å². The van der Waals surface area contributed by atoms with Gasteiger partial charge >= 0.3 is 5.97 Å². The van der Waals surface area contributed by atoms with E-state index in [9.17, 15) is 13.2 Å². The summed E-state index contributed by atoms with van der Waals surface area (Å²) in [6, 6.07) is 8.37. The van der Waals surface area contributed by atoms with Crippen LogP contribution in [0.3, 0.4) is 0 Å². The molecule has 1 aromatic rings. The molecule has 0 unspecified atom stereocenters. The minimum absolute atomic E-state index is 0.0783. The highest BCUT2D eigenvalue weighted by Crippen LogP contribution is 2.01. The molecular weight excluding hydrogens is 244 g/mol. The first-order valence-corrected chi connectivity index (χ1v) is 6.72. The first-order chi connectivity index (χ1) is 8.05. The second kappa shape index (κ2) is 6.36. The third kappa shape index (κ3) is 4.97. The Morgan fingerprint density at radius 2 is 1.88 bits per heavy atom. The Hall–Kier alpha value is -1.40. The Labute approximate surface area is 100 Å². The van der Waals surface area contributed by atoms with Gasteiger partial charge in [-0.05, 0) is 19.1 Å². The van der Waals surface area contributed by atoms with Crippen LogP contribution in [0, 0.1) is 0 Å². The normalized spacial score (nSPS) is 11.1. The van der Waals surface area contributed by atoms with Crippen LogP contribution < -0.4 is 0 Å². The second-order valence-electron chi connectivity index (χ2n) is 3.17. The third-order valence-electron chi connectivity index (χ3n) is 1.87. The molecule has 6 heteroatoms. The van der Waals surface area contributed by atoms with Crippen LogP contribution in [0.2, 0.25) is 0 Å². The first kappa shape index (κ1) is 13.7. The van der Waals surface area contributed by atoms with Crippen molar-refractivity contribution >= 4 is 16.1 Å². The monoisotopic (exact) mass is 258 g/mol. The Kier molecular flexibility index (Phi) is 5.11. The van der Waals surface area contributed by atoms with Crippen LogP contribution in [0.15, 0.2) is 30.3 Å². The average molecular weight is 258 g/mol. The number of carbonyl (C=O) groups is 1. The second-order valence-corrected chi connectivity index (χ2v) is 4.93. The molecule has 0 fully saturated rings. The van der Waals surface area contributed by atoms with E-state index >= 15 is 0 Å². The van der Waals surface area contributed by atoms with Crippen LogP contribution in [0.25, 0.3) is 0 Å². The van der Waals surface area contributed by atoms with E-state index < -0.39 is 16.1 Å². The largest absolute Gasteiger partial charge is 0.461 e. The highest BCUT2D eigenvalue weighted by Gasteiger charge is 2.12. The molecule has 5 nitrogen and oxygen atoms in total. The van der Waals surface area contributed by atoms with Crippen LogP contribution in [-0.4, -0.2) is 33.4 Å². The molecule has 1 aromatic carbocycles. The van der Waals surface area contributed by atoms with Gasteiger partial charge in [0.1, 0.15) is 12.4 Å². The van der Waals surface area contributed by atoms with Crippen molar-refractivity contribution in [2.24, 2.45) is 0 Å². The molecule has 0 atom stereocenters. The van der Waals surface area contributed by atoms with E-state index in [1.807, 2.05) is 0 Å². The van der Waals surface area contributed by atoms with E-state index in [-0.39, 0.29) is 19.0 Å². The van der Waals surface area contributed by atoms with Gasteiger partial charge < -0.3 is 4.74 Å². The molecule has 0 N–H and O–H groups in total. The Morgan fingerprint density at radius 3 is 2.47 bits per heavy atom. The Balaban J connectivity index is 2.40. The predicted molar refractivity (Wildman–Crippen MR) is 62.1 cm³/mol. The molecule has 0 radical (unpaired) electrons. The maximum atomic E-state index is 11.4. The van der Waals surface area contributed by atoms with Gasteiger partial charge in [-0.25, -0.2) is 4.79 Å². The molecule has 0 spiro atoms. The van der Waals surface area contributed by atoms with E-state index in [0.717, 1.165) is 0 Å². The summed E-state index contributed by atoms with van der Waals surface area (Å²) < 4.78 is 31.6. The molecule has 0 aromatic heterocycles. The molecule has 17 heavy (non-hydrogen) atoms. The maximum absolute atomic E-state index is 11.4. The minimum atomic E-state index is -3.59. The number of hydrogen-bond donors (Lipinski definition) is 0. The summed E-state index contributed by atoms with van der Waals surface area (Å²) in [7, 11) is -3.59. The summed E-state index contributed by atoms with van der Waals surface area (Å²) in [6.07, 6.45) is 0. The molecule has 1 rings (SSSR count). The van der Waals surface area contributed by atoms with E-state index in [2.05, 4.69) is 4.18 Å². The van der Waals surface area contributed by atoms with Crippen molar-refractivity contribution in [3.8, 4) is 0 Å². The number of ether oxygens (including phenoxy) is 1. The van der Waals surface area contributed by atoms with Crippen LogP contribution in [0.4, 0.5) is 0 Å². The van der Waals surface area contributed by atoms with Crippen molar-refractivity contribution in [1.29, 1.82) is 0 Å². The highest BCUT2D eigenvalue weighted by atomic mass is 32.2. The van der Waals surface area contributed by atoms with Gasteiger partial charge in [0.2, 0.25) is 0 Å². The lowest BCUT2D eigenvalue weighted by Crippen LogP contribution is -2.17. The lowest BCUT2D eigenvalue weighted by atomic mass is 10.2. The topological polar surface area (TPSA) is 69.7 Å². The van der Waals surface area contributed by atoms with Crippen molar-refractivity contribution in [3.63, 3.8) is 0 Å². The Morgan fingerprint density at radius 1 is 1.24 bits per heavy atom. The van der Waals surface area contributed by atoms with E-state index in [1.165, 1.54) is 0 Å². The smallest absolute Gasteiger partial charge is 0.338 e. The number of hydrogen-bond acceptors (Lipinski definition) is 5.